The molecule has 19 heavy (non-hydrogen) atoms. The Morgan fingerprint density at radius 3 is 3.05 bits per heavy atom. The average Bonchev–Trinajstić information content (AvgIpc) is 2.87. The number of fused-ring (bicyclic) bond motifs is 1. The van der Waals surface area contributed by atoms with E-state index in [0.29, 0.717) is 6.04 Å². The van der Waals surface area contributed by atoms with E-state index in [-0.39, 0.29) is 0 Å². The summed E-state index contributed by atoms with van der Waals surface area (Å²) >= 11 is 0. The number of pyridine rings is 1. The van der Waals surface area contributed by atoms with E-state index in [1.165, 1.54) is 19.4 Å². The fourth-order valence-electron chi connectivity index (χ4n) is 3.30. The van der Waals surface area contributed by atoms with Crippen molar-refractivity contribution < 1.29 is 9.90 Å². The number of carboxylic acids is 1. The first-order valence-corrected chi connectivity index (χ1v) is 6.86. The molecule has 2 aliphatic rings. The third kappa shape index (κ3) is 2.48. The van der Waals surface area contributed by atoms with Gasteiger partial charge in [-0.3, -0.25) is 19.6 Å². The van der Waals surface area contributed by atoms with Crippen LogP contribution in [0, 0.1) is 0 Å². The van der Waals surface area contributed by atoms with Crippen LogP contribution in [0.1, 0.15) is 24.4 Å². The molecule has 2 aliphatic heterocycles. The Kier molecular flexibility index (Phi) is 3.48. The maximum Gasteiger partial charge on any atom is 0.325 e. The number of aromatic nitrogens is 1. The predicted octanol–water partition coefficient (Wildman–Crippen LogP) is 0.987. The first-order valence-electron chi connectivity index (χ1n) is 6.86. The molecule has 102 valence electrons. The monoisotopic (exact) mass is 261 g/mol. The lowest BCUT2D eigenvalue weighted by molar-refractivity contribution is -0.144. The minimum Gasteiger partial charge on any atom is -0.480 e. The average molecular weight is 261 g/mol. The van der Waals surface area contributed by atoms with E-state index in [1.54, 1.807) is 18.5 Å². The number of hydrogen-bond acceptors (Lipinski definition) is 4. The van der Waals surface area contributed by atoms with E-state index in [2.05, 4.69) is 14.8 Å². The molecule has 2 fully saturated rings. The lowest BCUT2D eigenvalue weighted by Gasteiger charge is -2.40. The molecular formula is C14H19N3O2. The van der Waals surface area contributed by atoms with Crippen molar-refractivity contribution in [2.75, 3.05) is 26.2 Å². The van der Waals surface area contributed by atoms with E-state index in [0.717, 1.165) is 25.2 Å². The Hall–Kier alpha value is -1.46. The van der Waals surface area contributed by atoms with Crippen molar-refractivity contribution in [3.63, 3.8) is 0 Å². The Bertz CT molecular complexity index is 451. The number of nitrogens with zero attached hydrogens (tertiary/aromatic N) is 3. The van der Waals surface area contributed by atoms with Gasteiger partial charge in [-0.25, -0.2) is 0 Å². The van der Waals surface area contributed by atoms with Gasteiger partial charge in [0.2, 0.25) is 0 Å². The molecule has 0 radical (unpaired) electrons. The van der Waals surface area contributed by atoms with Crippen molar-refractivity contribution in [2.24, 2.45) is 0 Å². The van der Waals surface area contributed by atoms with Gasteiger partial charge in [-0.05, 0) is 31.0 Å². The maximum absolute atomic E-state index is 11.6. The van der Waals surface area contributed by atoms with E-state index < -0.39 is 12.0 Å². The van der Waals surface area contributed by atoms with Crippen LogP contribution in [0.3, 0.4) is 0 Å². The highest BCUT2D eigenvalue weighted by Gasteiger charge is 2.36. The van der Waals surface area contributed by atoms with Gasteiger partial charge in [0.15, 0.2) is 0 Å². The first kappa shape index (κ1) is 12.6. The molecule has 0 aromatic carbocycles. The fraction of sp³-hybridized carbons (Fsp3) is 0.571. The minimum atomic E-state index is -0.778. The summed E-state index contributed by atoms with van der Waals surface area (Å²) < 4.78 is 0. The van der Waals surface area contributed by atoms with Crippen molar-refractivity contribution in [1.82, 2.24) is 14.8 Å². The number of aliphatic carboxylic acids is 1. The Balaban J connectivity index is 1.79. The van der Waals surface area contributed by atoms with Crippen molar-refractivity contribution in [3.8, 4) is 0 Å². The van der Waals surface area contributed by atoms with Crippen LogP contribution in [0.15, 0.2) is 24.5 Å². The normalized spacial score (nSPS) is 26.0. The number of carbonyl (C=O) groups is 1. The smallest absolute Gasteiger partial charge is 0.325 e. The fourth-order valence-corrected chi connectivity index (χ4v) is 3.30. The highest BCUT2D eigenvalue weighted by atomic mass is 16.4. The molecule has 0 amide bonds. The summed E-state index contributed by atoms with van der Waals surface area (Å²) in [6.07, 6.45) is 5.77. The van der Waals surface area contributed by atoms with Crippen molar-refractivity contribution >= 4 is 5.97 Å². The van der Waals surface area contributed by atoms with Gasteiger partial charge >= 0.3 is 5.97 Å². The maximum atomic E-state index is 11.6. The van der Waals surface area contributed by atoms with Gasteiger partial charge in [0.25, 0.3) is 0 Å². The zero-order chi connectivity index (χ0) is 13.2. The molecule has 0 aliphatic carbocycles. The van der Waals surface area contributed by atoms with E-state index in [9.17, 15) is 9.90 Å². The summed E-state index contributed by atoms with van der Waals surface area (Å²) in [6.45, 7) is 3.83. The SMILES string of the molecule is O=C(O)C(c1cccnc1)N1CCN2CCC[C@H]2C1. The summed E-state index contributed by atoms with van der Waals surface area (Å²) in [5, 5.41) is 9.54. The molecule has 0 saturated carbocycles. The van der Waals surface area contributed by atoms with Crippen LogP contribution in [0.4, 0.5) is 0 Å². The standard InChI is InChI=1S/C14H19N3O2/c18-14(19)13(11-3-1-5-15-9-11)17-8-7-16-6-2-4-12(16)10-17/h1,3,5,9,12-13H,2,4,6-8,10H2,(H,18,19)/t12-,13?/m0/s1. The second-order valence-corrected chi connectivity index (χ2v) is 5.35. The third-order valence-corrected chi connectivity index (χ3v) is 4.22. The van der Waals surface area contributed by atoms with Crippen molar-refractivity contribution in [1.29, 1.82) is 0 Å². The van der Waals surface area contributed by atoms with Crippen LogP contribution in [0.5, 0.6) is 0 Å². The Labute approximate surface area is 112 Å². The quantitative estimate of drug-likeness (QED) is 0.879. The number of rotatable bonds is 3. The zero-order valence-electron chi connectivity index (χ0n) is 10.9. The van der Waals surface area contributed by atoms with E-state index >= 15 is 0 Å². The topological polar surface area (TPSA) is 56.7 Å². The molecule has 3 heterocycles. The number of hydrogen-bond donors (Lipinski definition) is 1. The predicted molar refractivity (Wildman–Crippen MR) is 70.8 cm³/mol. The lowest BCUT2D eigenvalue weighted by atomic mass is 10.0. The second-order valence-electron chi connectivity index (χ2n) is 5.35. The molecule has 5 heteroatoms. The van der Waals surface area contributed by atoms with Gasteiger partial charge in [0.05, 0.1) is 0 Å². The summed E-state index contributed by atoms with van der Waals surface area (Å²) in [7, 11) is 0. The molecule has 1 unspecified atom stereocenters. The van der Waals surface area contributed by atoms with Crippen LogP contribution in [-0.4, -0.2) is 58.1 Å². The van der Waals surface area contributed by atoms with Crippen molar-refractivity contribution in [2.45, 2.75) is 24.9 Å². The van der Waals surface area contributed by atoms with Crippen LogP contribution in [-0.2, 0) is 4.79 Å². The molecule has 0 spiro atoms. The molecule has 0 bridgehead atoms. The van der Waals surface area contributed by atoms with E-state index in [1.807, 2.05) is 6.07 Å². The molecule has 1 N–H and O–H groups in total. The molecule has 5 nitrogen and oxygen atoms in total. The molecular weight excluding hydrogens is 242 g/mol. The molecule has 2 atom stereocenters. The van der Waals surface area contributed by atoms with Gasteiger partial charge in [-0.1, -0.05) is 6.07 Å². The van der Waals surface area contributed by atoms with Crippen LogP contribution in [0.25, 0.3) is 0 Å². The summed E-state index contributed by atoms with van der Waals surface area (Å²) in [6, 6.07) is 3.63. The van der Waals surface area contributed by atoms with Crippen LogP contribution in [0.2, 0.25) is 0 Å². The molecule has 1 aromatic heterocycles. The molecule has 3 rings (SSSR count). The number of piperazine rings is 1. The first-order chi connectivity index (χ1) is 9.25. The zero-order valence-corrected chi connectivity index (χ0v) is 10.9. The Morgan fingerprint density at radius 2 is 2.32 bits per heavy atom. The third-order valence-electron chi connectivity index (χ3n) is 4.22. The van der Waals surface area contributed by atoms with Crippen molar-refractivity contribution in [3.05, 3.63) is 30.1 Å². The van der Waals surface area contributed by atoms with Crippen LogP contribution < -0.4 is 0 Å². The van der Waals surface area contributed by atoms with Gasteiger partial charge in [-0.2, -0.15) is 0 Å². The summed E-state index contributed by atoms with van der Waals surface area (Å²) in [5.74, 6) is -0.778. The van der Waals surface area contributed by atoms with Gasteiger partial charge < -0.3 is 5.11 Å². The lowest BCUT2D eigenvalue weighted by Crippen LogP contribution is -2.52. The number of carboxylic acid groups (broad SMARTS) is 1. The largest absolute Gasteiger partial charge is 0.480 e. The second kappa shape index (κ2) is 5.27. The molecule has 2 saturated heterocycles. The van der Waals surface area contributed by atoms with Crippen LogP contribution >= 0.6 is 0 Å². The molecule has 1 aromatic rings. The van der Waals surface area contributed by atoms with E-state index in [4.69, 9.17) is 0 Å². The summed E-state index contributed by atoms with van der Waals surface area (Å²) in [4.78, 5) is 20.2. The highest BCUT2D eigenvalue weighted by molar-refractivity contribution is 5.75. The van der Waals surface area contributed by atoms with Gasteiger partial charge in [-0.15, -0.1) is 0 Å². The van der Waals surface area contributed by atoms with Gasteiger partial charge in [0, 0.05) is 38.1 Å². The van der Waals surface area contributed by atoms with Gasteiger partial charge in [0.1, 0.15) is 6.04 Å². The summed E-state index contributed by atoms with van der Waals surface area (Å²) in [5.41, 5.74) is 0.779. The Morgan fingerprint density at radius 1 is 1.42 bits per heavy atom. The highest BCUT2D eigenvalue weighted by Crippen LogP contribution is 2.28. The minimum absolute atomic E-state index is 0.535.